The first-order valence-corrected chi connectivity index (χ1v) is 11.8. The van der Waals surface area contributed by atoms with Crippen LogP contribution >= 0.6 is 0 Å². The van der Waals surface area contributed by atoms with Crippen LogP contribution in [0.5, 0.6) is 0 Å². The van der Waals surface area contributed by atoms with Gasteiger partial charge in [0.2, 0.25) is 5.91 Å². The third kappa shape index (κ3) is 4.58. The zero-order chi connectivity index (χ0) is 20.3. The zero-order valence-corrected chi connectivity index (χ0v) is 18.1. The van der Waals surface area contributed by atoms with Crippen molar-refractivity contribution >= 4 is 16.1 Å². The third-order valence-corrected chi connectivity index (χ3v) is 7.95. The van der Waals surface area contributed by atoms with Crippen LogP contribution in [0, 0.1) is 5.92 Å². The standard InChI is InChI=1S/C21H33N3O3S/c1-4-20(18-12-11-16-8-5-6-9-17(16)14-18)22-21(25)19-10-7-13-24(15-19)28(26,27)23(2)3/h11-12,14,19-20H,4-10,13,15H2,1-3H3,(H,22,25). The molecule has 1 aromatic rings. The highest BCUT2D eigenvalue weighted by molar-refractivity contribution is 7.86. The topological polar surface area (TPSA) is 69.7 Å². The second-order valence-corrected chi connectivity index (χ2v) is 10.3. The summed E-state index contributed by atoms with van der Waals surface area (Å²) in [6, 6.07) is 6.58. The van der Waals surface area contributed by atoms with E-state index in [4.69, 9.17) is 0 Å². The molecule has 6 nitrogen and oxygen atoms in total. The molecule has 3 rings (SSSR count). The van der Waals surface area contributed by atoms with Crippen molar-refractivity contribution in [3.63, 3.8) is 0 Å². The second-order valence-electron chi connectivity index (χ2n) is 8.19. The molecule has 0 saturated carbocycles. The Bertz CT molecular complexity index is 807. The number of hydrogen-bond acceptors (Lipinski definition) is 3. The molecule has 0 aromatic heterocycles. The van der Waals surface area contributed by atoms with Gasteiger partial charge < -0.3 is 5.32 Å². The van der Waals surface area contributed by atoms with Crippen LogP contribution in [0.4, 0.5) is 0 Å². The summed E-state index contributed by atoms with van der Waals surface area (Å²) in [5, 5.41) is 3.19. The van der Waals surface area contributed by atoms with Crippen LogP contribution in [0.2, 0.25) is 0 Å². The van der Waals surface area contributed by atoms with Crippen LogP contribution in [0.1, 0.15) is 61.8 Å². The average Bonchev–Trinajstić information content (AvgIpc) is 2.71. The Morgan fingerprint density at radius 2 is 1.93 bits per heavy atom. The van der Waals surface area contributed by atoms with Crippen LogP contribution in [0.25, 0.3) is 0 Å². The minimum Gasteiger partial charge on any atom is -0.349 e. The van der Waals surface area contributed by atoms with E-state index in [1.54, 1.807) is 0 Å². The van der Waals surface area contributed by atoms with E-state index in [-0.39, 0.29) is 24.4 Å². The van der Waals surface area contributed by atoms with Crippen molar-refractivity contribution in [2.75, 3.05) is 27.2 Å². The van der Waals surface area contributed by atoms with Gasteiger partial charge in [-0.1, -0.05) is 25.1 Å². The Labute approximate surface area is 169 Å². The number of carbonyl (C=O) groups is 1. The van der Waals surface area contributed by atoms with Gasteiger partial charge in [0.25, 0.3) is 10.2 Å². The van der Waals surface area contributed by atoms with Crippen LogP contribution in [-0.2, 0) is 27.8 Å². The molecule has 1 heterocycles. The SMILES string of the molecule is CCC(NC(=O)C1CCCN(S(=O)(=O)N(C)C)C1)c1ccc2c(c1)CCCC2. The lowest BCUT2D eigenvalue weighted by Crippen LogP contribution is -2.49. The summed E-state index contributed by atoms with van der Waals surface area (Å²) >= 11 is 0. The van der Waals surface area contributed by atoms with Gasteiger partial charge in [0.15, 0.2) is 0 Å². The predicted molar refractivity (Wildman–Crippen MR) is 111 cm³/mol. The van der Waals surface area contributed by atoms with Gasteiger partial charge in [-0.3, -0.25) is 4.79 Å². The molecule has 1 saturated heterocycles. The van der Waals surface area contributed by atoms with Crippen molar-refractivity contribution in [1.82, 2.24) is 13.9 Å². The molecule has 2 atom stereocenters. The molecule has 2 aliphatic rings. The van der Waals surface area contributed by atoms with Gasteiger partial charge in [-0.05, 0) is 61.6 Å². The fourth-order valence-electron chi connectivity index (χ4n) is 4.28. The van der Waals surface area contributed by atoms with E-state index in [9.17, 15) is 13.2 Å². The third-order valence-electron chi connectivity index (χ3n) is 6.04. The summed E-state index contributed by atoms with van der Waals surface area (Å²) in [5.74, 6) is -0.335. The number of aryl methyl sites for hydroxylation is 2. The van der Waals surface area contributed by atoms with Gasteiger partial charge in [0.05, 0.1) is 12.0 Å². The maximum Gasteiger partial charge on any atom is 0.281 e. The smallest absolute Gasteiger partial charge is 0.281 e. The number of carbonyl (C=O) groups excluding carboxylic acids is 1. The molecule has 0 bridgehead atoms. The minimum atomic E-state index is -3.48. The fraction of sp³-hybridized carbons (Fsp3) is 0.667. The van der Waals surface area contributed by atoms with Gasteiger partial charge in [-0.15, -0.1) is 0 Å². The number of benzene rings is 1. The first-order chi connectivity index (χ1) is 13.3. The molecule has 1 fully saturated rings. The van der Waals surface area contributed by atoms with Crippen molar-refractivity contribution in [3.05, 3.63) is 34.9 Å². The number of amides is 1. The summed E-state index contributed by atoms with van der Waals surface area (Å²) in [4.78, 5) is 12.9. The van der Waals surface area contributed by atoms with Crippen LogP contribution < -0.4 is 5.32 Å². The van der Waals surface area contributed by atoms with E-state index in [0.717, 1.165) is 31.2 Å². The van der Waals surface area contributed by atoms with E-state index in [2.05, 4.69) is 30.4 Å². The largest absolute Gasteiger partial charge is 0.349 e. The molecular weight excluding hydrogens is 374 g/mol. The highest BCUT2D eigenvalue weighted by Gasteiger charge is 2.34. The van der Waals surface area contributed by atoms with Gasteiger partial charge in [-0.25, -0.2) is 0 Å². The van der Waals surface area contributed by atoms with Gasteiger partial charge in [0, 0.05) is 27.2 Å². The summed E-state index contributed by atoms with van der Waals surface area (Å²) in [6.45, 7) is 2.81. The minimum absolute atomic E-state index is 0.0273. The van der Waals surface area contributed by atoms with Crippen LogP contribution in [-0.4, -0.2) is 50.1 Å². The van der Waals surface area contributed by atoms with E-state index in [1.807, 2.05) is 0 Å². The number of piperidine rings is 1. The lowest BCUT2D eigenvalue weighted by molar-refractivity contribution is -0.126. The highest BCUT2D eigenvalue weighted by Crippen LogP contribution is 2.27. The van der Waals surface area contributed by atoms with Crippen molar-refractivity contribution in [2.45, 2.75) is 57.9 Å². The lowest BCUT2D eigenvalue weighted by Gasteiger charge is -2.33. The fourth-order valence-corrected chi connectivity index (χ4v) is 5.47. The van der Waals surface area contributed by atoms with Crippen LogP contribution in [0.15, 0.2) is 18.2 Å². The molecule has 0 radical (unpaired) electrons. The molecule has 7 heteroatoms. The molecule has 0 spiro atoms. The summed E-state index contributed by atoms with van der Waals surface area (Å²) < 4.78 is 27.5. The Balaban J connectivity index is 1.68. The normalized spacial score (nSPS) is 21.9. The summed E-state index contributed by atoms with van der Waals surface area (Å²) in [5.41, 5.74) is 4.01. The Hall–Kier alpha value is -1.44. The molecular formula is C21H33N3O3S. The number of nitrogens with zero attached hydrogens (tertiary/aromatic N) is 2. The van der Waals surface area contributed by atoms with Crippen molar-refractivity contribution in [1.29, 1.82) is 0 Å². The molecule has 1 amide bonds. The molecule has 156 valence electrons. The summed E-state index contributed by atoms with van der Waals surface area (Å²) in [7, 11) is -0.416. The highest BCUT2D eigenvalue weighted by atomic mass is 32.2. The van der Waals surface area contributed by atoms with Crippen molar-refractivity contribution in [2.24, 2.45) is 5.92 Å². The number of hydrogen-bond donors (Lipinski definition) is 1. The van der Waals surface area contributed by atoms with E-state index >= 15 is 0 Å². The molecule has 1 aromatic carbocycles. The molecule has 2 unspecified atom stereocenters. The van der Waals surface area contributed by atoms with E-state index in [1.165, 1.54) is 46.7 Å². The van der Waals surface area contributed by atoms with E-state index in [0.29, 0.717) is 13.0 Å². The first kappa shape index (κ1) is 21.3. The maximum absolute atomic E-state index is 12.9. The molecule has 1 N–H and O–H groups in total. The Morgan fingerprint density at radius 1 is 1.21 bits per heavy atom. The van der Waals surface area contributed by atoms with Gasteiger partial charge >= 0.3 is 0 Å². The molecule has 1 aliphatic heterocycles. The first-order valence-electron chi connectivity index (χ1n) is 10.4. The monoisotopic (exact) mass is 407 g/mol. The predicted octanol–water partition coefficient (Wildman–Crippen LogP) is 2.65. The Kier molecular flexibility index (Phi) is 6.78. The summed E-state index contributed by atoms with van der Waals surface area (Å²) in [6.07, 6.45) is 7.01. The van der Waals surface area contributed by atoms with E-state index < -0.39 is 10.2 Å². The molecule has 28 heavy (non-hydrogen) atoms. The Morgan fingerprint density at radius 3 is 2.61 bits per heavy atom. The van der Waals surface area contributed by atoms with Crippen molar-refractivity contribution < 1.29 is 13.2 Å². The number of rotatable bonds is 6. The van der Waals surface area contributed by atoms with Crippen LogP contribution in [0.3, 0.4) is 0 Å². The zero-order valence-electron chi connectivity index (χ0n) is 17.3. The lowest BCUT2D eigenvalue weighted by atomic mass is 9.88. The number of fused-ring (bicyclic) bond motifs is 1. The molecule has 1 aliphatic carbocycles. The quantitative estimate of drug-likeness (QED) is 0.788. The maximum atomic E-state index is 12.9. The number of nitrogens with one attached hydrogen (secondary N) is 1. The van der Waals surface area contributed by atoms with Gasteiger partial charge in [0.1, 0.15) is 0 Å². The van der Waals surface area contributed by atoms with Gasteiger partial charge in [-0.2, -0.15) is 17.0 Å². The average molecular weight is 408 g/mol. The van der Waals surface area contributed by atoms with Crippen molar-refractivity contribution in [3.8, 4) is 0 Å². The second kappa shape index (κ2) is 8.93.